The molecule has 0 spiro atoms. The fraction of sp³-hybridized carbons (Fsp3) is 0.250. The summed E-state index contributed by atoms with van der Waals surface area (Å²) in [4.78, 5) is 16.9. The monoisotopic (exact) mass is 270 g/mol. The Labute approximate surface area is 118 Å². The van der Waals surface area contributed by atoms with Crippen molar-refractivity contribution in [1.29, 1.82) is 0 Å². The smallest absolute Gasteiger partial charge is 0.304 e. The largest absolute Gasteiger partial charge is 0.481 e. The van der Waals surface area contributed by atoms with Gasteiger partial charge in [0.25, 0.3) is 0 Å². The molecule has 2 aromatic rings. The van der Waals surface area contributed by atoms with Gasteiger partial charge < -0.3 is 5.11 Å². The number of rotatable bonds is 7. The second-order valence-corrected chi connectivity index (χ2v) is 4.70. The number of aliphatic carboxylic acids is 1. The summed E-state index contributed by atoms with van der Waals surface area (Å²) in [5.74, 6) is -0.766. The predicted octanol–water partition coefficient (Wildman–Crippen LogP) is 2.56. The van der Waals surface area contributed by atoms with Crippen molar-refractivity contribution in [2.24, 2.45) is 0 Å². The quantitative estimate of drug-likeness (QED) is 0.840. The molecule has 0 aliphatic carbocycles. The van der Waals surface area contributed by atoms with Crippen LogP contribution in [0.2, 0.25) is 0 Å². The number of carboxylic acids is 1. The first kappa shape index (κ1) is 14.2. The average molecular weight is 270 g/mol. The van der Waals surface area contributed by atoms with Gasteiger partial charge >= 0.3 is 5.97 Å². The molecule has 2 rings (SSSR count). The zero-order valence-electron chi connectivity index (χ0n) is 11.3. The molecule has 0 amide bonds. The van der Waals surface area contributed by atoms with E-state index in [-0.39, 0.29) is 6.42 Å². The van der Waals surface area contributed by atoms with Crippen LogP contribution in [-0.4, -0.2) is 27.5 Å². The number of hydrogen-bond acceptors (Lipinski definition) is 3. The van der Waals surface area contributed by atoms with Gasteiger partial charge in [0.1, 0.15) is 0 Å². The van der Waals surface area contributed by atoms with Gasteiger partial charge in [-0.25, -0.2) is 0 Å². The second-order valence-electron chi connectivity index (χ2n) is 4.70. The zero-order valence-corrected chi connectivity index (χ0v) is 11.3. The van der Waals surface area contributed by atoms with Crippen LogP contribution in [0.3, 0.4) is 0 Å². The lowest BCUT2D eigenvalue weighted by Crippen LogP contribution is -2.25. The van der Waals surface area contributed by atoms with E-state index in [9.17, 15) is 4.79 Å². The van der Waals surface area contributed by atoms with Crippen LogP contribution in [0.15, 0.2) is 54.9 Å². The van der Waals surface area contributed by atoms with Gasteiger partial charge in [-0.05, 0) is 23.3 Å². The molecule has 1 aromatic heterocycles. The number of hydrogen-bond donors (Lipinski definition) is 1. The molecular weight excluding hydrogens is 252 g/mol. The minimum Gasteiger partial charge on any atom is -0.481 e. The first-order chi connectivity index (χ1) is 9.74. The molecule has 4 nitrogen and oxygen atoms in total. The molecule has 0 atom stereocenters. The van der Waals surface area contributed by atoms with Gasteiger partial charge in [-0.2, -0.15) is 0 Å². The first-order valence-electron chi connectivity index (χ1n) is 6.61. The van der Waals surface area contributed by atoms with E-state index in [1.54, 1.807) is 12.4 Å². The Balaban J connectivity index is 2.02. The fourth-order valence-corrected chi connectivity index (χ4v) is 2.06. The number of aromatic nitrogens is 1. The van der Waals surface area contributed by atoms with Crippen LogP contribution in [0.25, 0.3) is 0 Å². The highest BCUT2D eigenvalue weighted by molar-refractivity contribution is 5.66. The molecule has 4 heteroatoms. The van der Waals surface area contributed by atoms with E-state index in [2.05, 4.69) is 22.0 Å². The van der Waals surface area contributed by atoms with Gasteiger partial charge in [0.15, 0.2) is 0 Å². The molecular formula is C16H18N2O2. The van der Waals surface area contributed by atoms with Gasteiger partial charge in [0, 0.05) is 32.0 Å². The van der Waals surface area contributed by atoms with Crippen LogP contribution in [0.4, 0.5) is 0 Å². The van der Waals surface area contributed by atoms with Gasteiger partial charge in [-0.15, -0.1) is 0 Å². The molecule has 104 valence electrons. The average Bonchev–Trinajstić information content (AvgIpc) is 2.47. The summed E-state index contributed by atoms with van der Waals surface area (Å²) < 4.78 is 0. The standard InChI is InChI=1S/C16H18N2O2/c19-16(20)8-11-18(12-14-4-2-1-3-5-14)13-15-6-9-17-10-7-15/h1-7,9-10H,8,11-13H2,(H,19,20). The Morgan fingerprint density at radius 2 is 1.60 bits per heavy atom. The van der Waals surface area contributed by atoms with E-state index in [4.69, 9.17) is 5.11 Å². The maximum atomic E-state index is 10.8. The number of carbonyl (C=O) groups is 1. The highest BCUT2D eigenvalue weighted by Gasteiger charge is 2.09. The Hall–Kier alpha value is -2.20. The van der Waals surface area contributed by atoms with Crippen LogP contribution in [0, 0.1) is 0 Å². The van der Waals surface area contributed by atoms with Crippen molar-refractivity contribution in [3.63, 3.8) is 0 Å². The minimum absolute atomic E-state index is 0.151. The van der Waals surface area contributed by atoms with Crippen LogP contribution >= 0.6 is 0 Å². The summed E-state index contributed by atoms with van der Waals surface area (Å²) in [6, 6.07) is 14.0. The number of carboxylic acid groups (broad SMARTS) is 1. The van der Waals surface area contributed by atoms with Crippen molar-refractivity contribution in [3.05, 3.63) is 66.0 Å². The summed E-state index contributed by atoms with van der Waals surface area (Å²) in [5, 5.41) is 8.86. The highest BCUT2D eigenvalue weighted by atomic mass is 16.4. The van der Waals surface area contributed by atoms with E-state index >= 15 is 0 Å². The SMILES string of the molecule is O=C(O)CCN(Cc1ccccc1)Cc1ccncc1. The molecule has 0 aliphatic rings. The fourth-order valence-electron chi connectivity index (χ4n) is 2.06. The molecule has 1 heterocycles. The Morgan fingerprint density at radius 1 is 1.00 bits per heavy atom. The van der Waals surface area contributed by atoms with Crippen molar-refractivity contribution >= 4 is 5.97 Å². The molecule has 0 radical (unpaired) electrons. The number of benzene rings is 1. The predicted molar refractivity (Wildman–Crippen MR) is 77.0 cm³/mol. The van der Waals surface area contributed by atoms with E-state index in [1.807, 2.05) is 30.3 Å². The summed E-state index contributed by atoms with van der Waals surface area (Å²) in [5.41, 5.74) is 2.33. The lowest BCUT2D eigenvalue weighted by Gasteiger charge is -2.21. The van der Waals surface area contributed by atoms with Crippen molar-refractivity contribution in [3.8, 4) is 0 Å². The van der Waals surface area contributed by atoms with Crippen LogP contribution in [-0.2, 0) is 17.9 Å². The van der Waals surface area contributed by atoms with Crippen LogP contribution in [0.5, 0.6) is 0 Å². The van der Waals surface area contributed by atoms with Gasteiger partial charge in [0.05, 0.1) is 6.42 Å². The maximum absolute atomic E-state index is 10.8. The Morgan fingerprint density at radius 3 is 2.20 bits per heavy atom. The Kier molecular flexibility index (Phi) is 5.26. The highest BCUT2D eigenvalue weighted by Crippen LogP contribution is 2.10. The summed E-state index contributed by atoms with van der Waals surface area (Å²) in [6.45, 7) is 2.01. The van der Waals surface area contributed by atoms with Gasteiger partial charge in [-0.3, -0.25) is 14.7 Å². The van der Waals surface area contributed by atoms with Crippen molar-refractivity contribution in [1.82, 2.24) is 9.88 Å². The third-order valence-electron chi connectivity index (χ3n) is 3.05. The maximum Gasteiger partial charge on any atom is 0.304 e. The van der Waals surface area contributed by atoms with E-state index < -0.39 is 5.97 Å². The van der Waals surface area contributed by atoms with Crippen LogP contribution < -0.4 is 0 Å². The molecule has 1 aromatic carbocycles. The second kappa shape index (κ2) is 7.40. The molecule has 0 unspecified atom stereocenters. The van der Waals surface area contributed by atoms with E-state index in [0.717, 1.165) is 18.7 Å². The molecule has 1 N–H and O–H groups in total. The summed E-state index contributed by atoms with van der Waals surface area (Å²) in [7, 11) is 0. The molecule has 20 heavy (non-hydrogen) atoms. The molecule has 0 fully saturated rings. The minimum atomic E-state index is -0.766. The number of pyridine rings is 1. The summed E-state index contributed by atoms with van der Waals surface area (Å²) >= 11 is 0. The van der Waals surface area contributed by atoms with E-state index in [1.165, 1.54) is 5.56 Å². The van der Waals surface area contributed by atoms with Crippen molar-refractivity contribution in [2.75, 3.05) is 6.54 Å². The lowest BCUT2D eigenvalue weighted by molar-refractivity contribution is -0.137. The van der Waals surface area contributed by atoms with E-state index in [0.29, 0.717) is 6.54 Å². The molecule has 0 saturated heterocycles. The van der Waals surface area contributed by atoms with Crippen molar-refractivity contribution < 1.29 is 9.90 Å². The molecule has 0 bridgehead atoms. The topological polar surface area (TPSA) is 53.4 Å². The first-order valence-corrected chi connectivity index (χ1v) is 6.61. The Bertz CT molecular complexity index is 487. The summed E-state index contributed by atoms with van der Waals surface area (Å²) in [6.07, 6.45) is 3.67. The molecule has 0 aliphatic heterocycles. The molecule has 0 saturated carbocycles. The number of nitrogens with zero attached hydrogens (tertiary/aromatic N) is 2. The zero-order chi connectivity index (χ0) is 14.2. The van der Waals surface area contributed by atoms with Gasteiger partial charge in [-0.1, -0.05) is 30.3 Å². The van der Waals surface area contributed by atoms with Crippen LogP contribution in [0.1, 0.15) is 17.5 Å². The lowest BCUT2D eigenvalue weighted by atomic mass is 10.2. The normalized spacial score (nSPS) is 10.7. The third kappa shape index (κ3) is 4.82. The van der Waals surface area contributed by atoms with Crippen molar-refractivity contribution in [2.45, 2.75) is 19.5 Å². The third-order valence-corrected chi connectivity index (χ3v) is 3.05. The van der Waals surface area contributed by atoms with Gasteiger partial charge in [0.2, 0.25) is 0 Å².